The second-order valence-electron chi connectivity index (χ2n) is 6.55. The van der Waals surface area contributed by atoms with Crippen molar-refractivity contribution in [1.29, 1.82) is 0 Å². The largest absolute Gasteiger partial charge is 0.393 e. The molecule has 0 bridgehead atoms. The monoisotopic (exact) mass is 278 g/mol. The maximum Gasteiger partial charge on any atom is 0.140 e. The smallest absolute Gasteiger partial charge is 0.140 e. The van der Waals surface area contributed by atoms with Gasteiger partial charge in [0, 0.05) is 25.1 Å². The van der Waals surface area contributed by atoms with Crippen LogP contribution in [-0.4, -0.2) is 34.9 Å². The van der Waals surface area contributed by atoms with E-state index in [1.54, 1.807) is 0 Å². The second-order valence-corrected chi connectivity index (χ2v) is 6.55. The highest BCUT2D eigenvalue weighted by Crippen LogP contribution is 2.27. The molecule has 0 aromatic carbocycles. The molecule has 0 aliphatic heterocycles. The van der Waals surface area contributed by atoms with Crippen LogP contribution in [0.5, 0.6) is 0 Å². The minimum atomic E-state index is -0.113. The summed E-state index contributed by atoms with van der Waals surface area (Å²) in [7, 11) is 2.13. The quantitative estimate of drug-likeness (QED) is 0.919. The van der Waals surface area contributed by atoms with Gasteiger partial charge < -0.3 is 14.5 Å². The molecule has 1 fully saturated rings. The van der Waals surface area contributed by atoms with Gasteiger partial charge in [-0.15, -0.1) is 0 Å². The first kappa shape index (κ1) is 14.1. The highest BCUT2D eigenvalue weighted by Gasteiger charge is 2.25. The molecule has 0 saturated heterocycles. The Hall–Kier alpha value is -0.870. The van der Waals surface area contributed by atoms with Crippen molar-refractivity contribution in [3.8, 4) is 0 Å². The van der Waals surface area contributed by atoms with Gasteiger partial charge in [0.05, 0.1) is 6.10 Å². The molecule has 0 spiro atoms. The molecule has 1 N–H and O–H groups in total. The number of aliphatic hydroxyl groups is 1. The van der Waals surface area contributed by atoms with Gasteiger partial charge in [0.1, 0.15) is 11.5 Å². The molecule has 2 aliphatic rings. The van der Waals surface area contributed by atoms with Gasteiger partial charge in [0.15, 0.2) is 0 Å². The van der Waals surface area contributed by atoms with Gasteiger partial charge in [0.25, 0.3) is 0 Å². The molecule has 1 aromatic rings. The van der Waals surface area contributed by atoms with Crippen molar-refractivity contribution in [3.05, 3.63) is 17.0 Å². The molecular weight excluding hydrogens is 252 g/mol. The third-order valence-corrected chi connectivity index (χ3v) is 4.87. The number of nitrogens with zero attached hydrogens (tertiary/aromatic N) is 2. The molecule has 4 heteroatoms. The fraction of sp³-hybridized carbons (Fsp3) is 0.812. The molecular formula is C16H26N2O2. The van der Waals surface area contributed by atoms with Gasteiger partial charge in [0.2, 0.25) is 0 Å². The van der Waals surface area contributed by atoms with E-state index in [0.717, 1.165) is 50.2 Å². The van der Waals surface area contributed by atoms with Crippen molar-refractivity contribution in [1.82, 2.24) is 10.1 Å². The van der Waals surface area contributed by atoms with E-state index in [-0.39, 0.29) is 6.10 Å². The average Bonchev–Trinajstić information content (AvgIpc) is 2.85. The summed E-state index contributed by atoms with van der Waals surface area (Å²) in [6, 6.07) is 0. The lowest BCUT2D eigenvalue weighted by molar-refractivity contribution is 0.0498. The molecule has 4 nitrogen and oxygen atoms in total. The Morgan fingerprint density at radius 1 is 1.20 bits per heavy atom. The maximum absolute atomic E-state index is 10.1. The van der Waals surface area contributed by atoms with Crippen molar-refractivity contribution in [2.45, 2.75) is 64.0 Å². The summed E-state index contributed by atoms with van der Waals surface area (Å²) in [6.07, 6.45) is 9.10. The Morgan fingerprint density at radius 3 is 2.85 bits per heavy atom. The fourth-order valence-corrected chi connectivity index (χ4v) is 3.69. The lowest BCUT2D eigenvalue weighted by Gasteiger charge is -2.31. The van der Waals surface area contributed by atoms with Gasteiger partial charge >= 0.3 is 0 Å². The third kappa shape index (κ3) is 3.07. The lowest BCUT2D eigenvalue weighted by atomic mass is 9.86. The zero-order valence-corrected chi connectivity index (χ0v) is 12.5. The fourth-order valence-electron chi connectivity index (χ4n) is 3.69. The van der Waals surface area contributed by atoms with Crippen molar-refractivity contribution in [2.24, 2.45) is 5.92 Å². The van der Waals surface area contributed by atoms with Crippen LogP contribution < -0.4 is 0 Å². The summed E-state index contributed by atoms with van der Waals surface area (Å²) in [4.78, 5) is 2.30. The topological polar surface area (TPSA) is 49.5 Å². The lowest BCUT2D eigenvalue weighted by Crippen LogP contribution is -2.35. The molecule has 3 rings (SSSR count). The normalized spacial score (nSPS) is 26.8. The third-order valence-electron chi connectivity index (χ3n) is 4.87. The number of aliphatic hydroxyl groups excluding tert-OH is 1. The minimum absolute atomic E-state index is 0.113. The average molecular weight is 278 g/mol. The first-order valence-corrected chi connectivity index (χ1v) is 8.07. The van der Waals surface area contributed by atoms with Gasteiger partial charge in [-0.2, -0.15) is 0 Å². The van der Waals surface area contributed by atoms with Crippen molar-refractivity contribution in [3.63, 3.8) is 0 Å². The van der Waals surface area contributed by atoms with Crippen LogP contribution in [0.2, 0.25) is 0 Å². The van der Waals surface area contributed by atoms with E-state index in [2.05, 4.69) is 17.1 Å². The van der Waals surface area contributed by atoms with Crippen LogP contribution >= 0.6 is 0 Å². The van der Waals surface area contributed by atoms with Crippen LogP contribution in [0.4, 0.5) is 0 Å². The number of rotatable bonds is 4. The van der Waals surface area contributed by atoms with Crippen molar-refractivity contribution < 1.29 is 9.63 Å². The molecule has 1 saturated carbocycles. The van der Waals surface area contributed by atoms with Crippen LogP contribution in [0, 0.1) is 5.92 Å². The molecule has 20 heavy (non-hydrogen) atoms. The SMILES string of the molecule is CN(Cc1noc2c1CCCC2)CC1CCCCC1O. The van der Waals surface area contributed by atoms with Gasteiger partial charge in [-0.05, 0) is 45.1 Å². The first-order chi connectivity index (χ1) is 9.74. The van der Waals surface area contributed by atoms with Gasteiger partial charge in [-0.3, -0.25) is 0 Å². The van der Waals surface area contributed by atoms with E-state index in [4.69, 9.17) is 4.52 Å². The second kappa shape index (κ2) is 6.27. The van der Waals surface area contributed by atoms with Crippen molar-refractivity contribution in [2.75, 3.05) is 13.6 Å². The zero-order valence-electron chi connectivity index (χ0n) is 12.5. The summed E-state index contributed by atoms with van der Waals surface area (Å²) in [5, 5.41) is 14.3. The van der Waals surface area contributed by atoms with Gasteiger partial charge in [-0.25, -0.2) is 0 Å². The zero-order chi connectivity index (χ0) is 13.9. The van der Waals surface area contributed by atoms with Crippen LogP contribution in [-0.2, 0) is 19.4 Å². The highest BCUT2D eigenvalue weighted by molar-refractivity contribution is 5.25. The van der Waals surface area contributed by atoms with Crippen LogP contribution in [0.3, 0.4) is 0 Å². The molecule has 1 aromatic heterocycles. The molecule has 2 unspecified atom stereocenters. The molecule has 2 atom stereocenters. The number of fused-ring (bicyclic) bond motifs is 1. The predicted molar refractivity (Wildman–Crippen MR) is 77.4 cm³/mol. The summed E-state index contributed by atoms with van der Waals surface area (Å²) < 4.78 is 5.47. The van der Waals surface area contributed by atoms with E-state index in [1.807, 2.05) is 0 Å². The summed E-state index contributed by atoms with van der Waals surface area (Å²) in [5.74, 6) is 1.54. The summed E-state index contributed by atoms with van der Waals surface area (Å²) in [6.45, 7) is 1.81. The van der Waals surface area contributed by atoms with Crippen molar-refractivity contribution >= 4 is 0 Å². The Labute approximate surface area is 121 Å². The standard InChI is InChI=1S/C16H26N2O2/c1-18(10-12-6-2-4-8-15(12)19)11-14-13-7-3-5-9-16(13)20-17-14/h12,15,19H,2-11H2,1H3. The van der Waals surface area contributed by atoms with Crippen LogP contribution in [0.25, 0.3) is 0 Å². The Morgan fingerprint density at radius 2 is 2.00 bits per heavy atom. The van der Waals surface area contributed by atoms with E-state index < -0.39 is 0 Å². The van der Waals surface area contributed by atoms with Gasteiger partial charge in [-0.1, -0.05) is 18.0 Å². The maximum atomic E-state index is 10.1. The van der Waals surface area contributed by atoms with E-state index >= 15 is 0 Å². The number of aryl methyl sites for hydroxylation is 1. The Bertz CT molecular complexity index is 444. The Balaban J connectivity index is 1.58. The first-order valence-electron chi connectivity index (χ1n) is 8.07. The summed E-state index contributed by atoms with van der Waals surface area (Å²) in [5.41, 5.74) is 2.47. The molecule has 2 aliphatic carbocycles. The van der Waals surface area contributed by atoms with E-state index in [9.17, 15) is 5.11 Å². The predicted octanol–water partition coefficient (Wildman–Crippen LogP) is 2.54. The molecule has 1 heterocycles. The minimum Gasteiger partial charge on any atom is -0.393 e. The molecule has 0 radical (unpaired) electrons. The van der Waals surface area contributed by atoms with Crippen LogP contribution in [0.1, 0.15) is 55.5 Å². The number of hydrogen-bond donors (Lipinski definition) is 1. The summed E-state index contributed by atoms with van der Waals surface area (Å²) >= 11 is 0. The van der Waals surface area contributed by atoms with E-state index in [1.165, 1.54) is 31.2 Å². The molecule has 0 amide bonds. The number of aromatic nitrogens is 1. The van der Waals surface area contributed by atoms with Crippen LogP contribution in [0.15, 0.2) is 4.52 Å². The van der Waals surface area contributed by atoms with E-state index in [0.29, 0.717) is 5.92 Å². The highest BCUT2D eigenvalue weighted by atomic mass is 16.5. The number of hydrogen-bond acceptors (Lipinski definition) is 4. The Kier molecular flexibility index (Phi) is 4.41. The molecule has 112 valence electrons.